The van der Waals surface area contributed by atoms with Gasteiger partial charge in [-0.05, 0) is 43.0 Å². The molecule has 0 heterocycles. The van der Waals surface area contributed by atoms with Gasteiger partial charge in [0.05, 0.1) is 6.54 Å². The van der Waals surface area contributed by atoms with Gasteiger partial charge >= 0.3 is 0 Å². The number of nitrogens with two attached hydrogens (primary N) is 1. The van der Waals surface area contributed by atoms with Crippen molar-refractivity contribution in [3.63, 3.8) is 0 Å². The summed E-state index contributed by atoms with van der Waals surface area (Å²) in [5.74, 6) is -0.144. The van der Waals surface area contributed by atoms with Gasteiger partial charge in [-0.1, -0.05) is 18.0 Å². The van der Waals surface area contributed by atoms with Gasteiger partial charge in [-0.3, -0.25) is 9.59 Å². The van der Waals surface area contributed by atoms with E-state index < -0.39 is 0 Å². The van der Waals surface area contributed by atoms with Gasteiger partial charge < -0.3 is 16.4 Å². The molecule has 122 valence electrons. The van der Waals surface area contributed by atoms with Crippen LogP contribution in [0.3, 0.4) is 0 Å². The summed E-state index contributed by atoms with van der Waals surface area (Å²) in [6.07, 6.45) is 3.45. The zero-order valence-corrected chi connectivity index (χ0v) is 13.8. The molecule has 4 N–H and O–H groups in total. The van der Waals surface area contributed by atoms with Crippen molar-refractivity contribution >= 4 is 41.5 Å². The second kappa shape index (κ2) is 8.98. The zero-order valence-electron chi connectivity index (χ0n) is 12.2. The first-order valence-corrected chi connectivity index (χ1v) is 7.50. The number of benzene rings is 1. The van der Waals surface area contributed by atoms with Crippen LogP contribution in [0, 0.1) is 5.92 Å². The van der Waals surface area contributed by atoms with Gasteiger partial charge in [0.2, 0.25) is 11.8 Å². The third-order valence-corrected chi connectivity index (χ3v) is 3.99. The average Bonchev–Trinajstić information content (AvgIpc) is 2.85. The Bertz CT molecular complexity index is 508. The van der Waals surface area contributed by atoms with E-state index in [1.54, 1.807) is 24.3 Å². The summed E-state index contributed by atoms with van der Waals surface area (Å²) >= 11 is 5.76. The molecule has 0 bridgehead atoms. The molecule has 0 spiro atoms. The Morgan fingerprint density at radius 1 is 1.18 bits per heavy atom. The lowest BCUT2D eigenvalue weighted by Gasteiger charge is -2.14. The van der Waals surface area contributed by atoms with Crippen molar-refractivity contribution in [3.05, 3.63) is 29.3 Å². The van der Waals surface area contributed by atoms with Crippen LogP contribution in [0.4, 0.5) is 5.69 Å². The number of hydrogen-bond donors (Lipinski definition) is 3. The van der Waals surface area contributed by atoms with Crippen LogP contribution in [0.1, 0.15) is 25.7 Å². The van der Waals surface area contributed by atoms with Gasteiger partial charge in [-0.25, -0.2) is 0 Å². The number of rotatable bonds is 5. The number of nitrogens with one attached hydrogen (secondary N) is 2. The highest BCUT2D eigenvalue weighted by atomic mass is 35.5. The first kappa shape index (κ1) is 18.7. The highest BCUT2D eigenvalue weighted by Crippen LogP contribution is 2.26. The Hall–Kier alpha value is -1.30. The Morgan fingerprint density at radius 3 is 2.45 bits per heavy atom. The maximum atomic E-state index is 11.8. The van der Waals surface area contributed by atoms with Crippen LogP contribution in [-0.2, 0) is 9.59 Å². The molecule has 1 aromatic carbocycles. The van der Waals surface area contributed by atoms with E-state index in [4.69, 9.17) is 17.3 Å². The molecular weight excluding hydrogens is 325 g/mol. The van der Waals surface area contributed by atoms with Crippen LogP contribution in [0.25, 0.3) is 0 Å². The Labute approximate surface area is 141 Å². The van der Waals surface area contributed by atoms with Crippen molar-refractivity contribution in [1.29, 1.82) is 0 Å². The van der Waals surface area contributed by atoms with Crippen molar-refractivity contribution in [2.75, 3.05) is 11.9 Å². The van der Waals surface area contributed by atoms with Crippen molar-refractivity contribution in [2.45, 2.75) is 31.7 Å². The predicted octanol–water partition coefficient (Wildman–Crippen LogP) is 2.33. The summed E-state index contributed by atoms with van der Waals surface area (Å²) in [6.45, 7) is -0.0383. The molecule has 1 fully saturated rings. The fourth-order valence-corrected chi connectivity index (χ4v) is 2.67. The van der Waals surface area contributed by atoms with Gasteiger partial charge in [0.15, 0.2) is 0 Å². The zero-order chi connectivity index (χ0) is 15.2. The van der Waals surface area contributed by atoms with E-state index >= 15 is 0 Å². The van der Waals surface area contributed by atoms with E-state index in [9.17, 15) is 9.59 Å². The average molecular weight is 346 g/mol. The van der Waals surface area contributed by atoms with Crippen molar-refractivity contribution in [2.24, 2.45) is 11.7 Å². The molecular formula is C15H21Cl2N3O2. The molecule has 0 unspecified atom stereocenters. The van der Waals surface area contributed by atoms with Gasteiger partial charge in [-0.15, -0.1) is 12.4 Å². The topological polar surface area (TPSA) is 84.2 Å². The maximum Gasteiger partial charge on any atom is 0.243 e. The number of halogens is 2. The van der Waals surface area contributed by atoms with E-state index in [1.807, 2.05) is 0 Å². The third kappa shape index (κ3) is 5.83. The lowest BCUT2D eigenvalue weighted by atomic mass is 10.00. The number of hydrogen-bond acceptors (Lipinski definition) is 3. The third-order valence-electron chi connectivity index (χ3n) is 3.74. The summed E-state index contributed by atoms with van der Waals surface area (Å²) in [6, 6.07) is 6.91. The first-order valence-electron chi connectivity index (χ1n) is 7.12. The van der Waals surface area contributed by atoms with Crippen molar-refractivity contribution in [3.8, 4) is 0 Å². The van der Waals surface area contributed by atoms with E-state index in [0.717, 1.165) is 19.3 Å². The molecule has 5 nitrogen and oxygen atoms in total. The number of carbonyl (C=O) groups is 2. The van der Waals surface area contributed by atoms with E-state index in [0.29, 0.717) is 17.1 Å². The van der Waals surface area contributed by atoms with Crippen LogP contribution < -0.4 is 16.4 Å². The van der Waals surface area contributed by atoms with Crippen molar-refractivity contribution in [1.82, 2.24) is 5.32 Å². The lowest BCUT2D eigenvalue weighted by Crippen LogP contribution is -2.36. The van der Waals surface area contributed by atoms with Crippen LogP contribution >= 0.6 is 24.0 Å². The molecule has 0 radical (unpaired) electrons. The number of amides is 2. The van der Waals surface area contributed by atoms with Crippen LogP contribution in [0.2, 0.25) is 5.02 Å². The molecule has 22 heavy (non-hydrogen) atoms. The SMILES string of the molecule is Cl.N[C@@H]1CCC[C@H]1CC(=O)NCC(=O)Nc1ccc(Cl)cc1. The normalized spacial score (nSPS) is 20.1. The van der Waals surface area contributed by atoms with Gasteiger partial charge in [-0.2, -0.15) is 0 Å². The molecule has 1 aliphatic rings. The Balaban J connectivity index is 0.00000242. The fourth-order valence-electron chi connectivity index (χ4n) is 2.55. The highest BCUT2D eigenvalue weighted by Gasteiger charge is 2.25. The molecule has 7 heteroatoms. The van der Waals surface area contributed by atoms with Gasteiger partial charge in [0, 0.05) is 23.2 Å². The highest BCUT2D eigenvalue weighted by molar-refractivity contribution is 6.30. The fraction of sp³-hybridized carbons (Fsp3) is 0.467. The first-order chi connectivity index (χ1) is 10.0. The molecule has 0 aromatic heterocycles. The number of anilines is 1. The summed E-state index contributed by atoms with van der Waals surface area (Å²) in [7, 11) is 0. The van der Waals surface area contributed by atoms with Crippen molar-refractivity contribution < 1.29 is 9.59 Å². The Morgan fingerprint density at radius 2 is 1.86 bits per heavy atom. The molecule has 1 saturated carbocycles. The molecule has 1 aliphatic carbocycles. The molecule has 2 amide bonds. The molecule has 0 saturated heterocycles. The largest absolute Gasteiger partial charge is 0.347 e. The van der Waals surface area contributed by atoms with Crippen LogP contribution in [-0.4, -0.2) is 24.4 Å². The molecule has 2 rings (SSSR count). The second-order valence-corrected chi connectivity index (χ2v) is 5.83. The quantitative estimate of drug-likeness (QED) is 0.765. The maximum absolute atomic E-state index is 11.8. The van der Waals surface area contributed by atoms with E-state index in [1.165, 1.54) is 0 Å². The minimum Gasteiger partial charge on any atom is -0.347 e. The molecule has 1 aromatic rings. The lowest BCUT2D eigenvalue weighted by molar-refractivity contribution is -0.124. The minimum absolute atomic E-state index is 0. The predicted molar refractivity (Wildman–Crippen MR) is 90.3 cm³/mol. The minimum atomic E-state index is -0.263. The summed E-state index contributed by atoms with van der Waals surface area (Å²) in [5, 5.41) is 5.92. The molecule has 2 atom stereocenters. The second-order valence-electron chi connectivity index (χ2n) is 5.39. The van der Waals surface area contributed by atoms with Gasteiger partial charge in [0.1, 0.15) is 0 Å². The molecule has 0 aliphatic heterocycles. The summed E-state index contributed by atoms with van der Waals surface area (Å²) in [5.41, 5.74) is 6.58. The van der Waals surface area contributed by atoms with Crippen LogP contribution in [0.15, 0.2) is 24.3 Å². The van der Waals surface area contributed by atoms with E-state index in [-0.39, 0.29) is 42.7 Å². The smallest absolute Gasteiger partial charge is 0.243 e. The summed E-state index contributed by atoms with van der Waals surface area (Å²) < 4.78 is 0. The van der Waals surface area contributed by atoms with Crippen LogP contribution in [0.5, 0.6) is 0 Å². The van der Waals surface area contributed by atoms with E-state index in [2.05, 4.69) is 10.6 Å². The Kier molecular flexibility index (Phi) is 7.65. The standard InChI is InChI=1S/C15H20ClN3O2.ClH/c16-11-4-6-12(7-5-11)19-15(21)9-18-14(20)8-10-2-1-3-13(10)17;/h4-7,10,13H,1-3,8-9,17H2,(H,18,20)(H,19,21);1H/t10-,13+;/m0./s1. The summed E-state index contributed by atoms with van der Waals surface area (Å²) in [4.78, 5) is 23.5. The monoisotopic (exact) mass is 345 g/mol. The van der Waals surface area contributed by atoms with Gasteiger partial charge in [0.25, 0.3) is 0 Å². The number of carbonyl (C=O) groups excluding carboxylic acids is 2.